The zero-order chi connectivity index (χ0) is 14.5. The van der Waals surface area contributed by atoms with Crippen LogP contribution in [0.3, 0.4) is 0 Å². The van der Waals surface area contributed by atoms with Crippen LogP contribution in [0.25, 0.3) is 10.2 Å². The minimum atomic E-state index is -0.109. The van der Waals surface area contributed by atoms with Gasteiger partial charge in [0.25, 0.3) is 0 Å². The Balaban J connectivity index is 2.12. The van der Waals surface area contributed by atoms with Gasteiger partial charge in [-0.15, -0.1) is 0 Å². The SMILES string of the molecule is CCCCC(=O)Nc1nc2ccc(NC(C)=O)cc2s1. The van der Waals surface area contributed by atoms with Crippen molar-refractivity contribution in [2.24, 2.45) is 0 Å². The predicted molar refractivity (Wildman–Crippen MR) is 82.1 cm³/mol. The Bertz CT molecular complexity index is 636. The van der Waals surface area contributed by atoms with E-state index in [1.807, 2.05) is 12.1 Å². The smallest absolute Gasteiger partial charge is 0.226 e. The molecular weight excluding hydrogens is 274 g/mol. The number of rotatable bonds is 5. The van der Waals surface area contributed by atoms with Gasteiger partial charge in [-0.05, 0) is 24.6 Å². The zero-order valence-electron chi connectivity index (χ0n) is 11.5. The Morgan fingerprint density at radius 1 is 1.30 bits per heavy atom. The van der Waals surface area contributed by atoms with E-state index < -0.39 is 0 Å². The summed E-state index contributed by atoms with van der Waals surface area (Å²) >= 11 is 1.41. The van der Waals surface area contributed by atoms with Crippen LogP contribution < -0.4 is 10.6 Å². The monoisotopic (exact) mass is 291 g/mol. The van der Waals surface area contributed by atoms with Crippen molar-refractivity contribution in [1.29, 1.82) is 0 Å². The lowest BCUT2D eigenvalue weighted by Crippen LogP contribution is -2.10. The Morgan fingerprint density at radius 3 is 2.80 bits per heavy atom. The maximum Gasteiger partial charge on any atom is 0.226 e. The molecule has 0 fully saturated rings. The average Bonchev–Trinajstić information content (AvgIpc) is 2.77. The summed E-state index contributed by atoms with van der Waals surface area (Å²) in [6.45, 7) is 3.52. The maximum atomic E-state index is 11.7. The molecule has 0 bridgehead atoms. The first kappa shape index (κ1) is 14.5. The van der Waals surface area contributed by atoms with Gasteiger partial charge in [0.1, 0.15) is 0 Å². The third-order valence-corrected chi connectivity index (χ3v) is 3.65. The molecule has 0 atom stereocenters. The molecule has 6 heteroatoms. The molecule has 0 saturated heterocycles. The van der Waals surface area contributed by atoms with Crippen LogP contribution in [0, 0.1) is 0 Å². The van der Waals surface area contributed by atoms with Crippen LogP contribution in [0.4, 0.5) is 10.8 Å². The predicted octanol–water partition coefficient (Wildman–Crippen LogP) is 3.38. The quantitative estimate of drug-likeness (QED) is 0.887. The van der Waals surface area contributed by atoms with E-state index in [4.69, 9.17) is 0 Å². The lowest BCUT2D eigenvalue weighted by Gasteiger charge is -1.99. The van der Waals surface area contributed by atoms with Gasteiger partial charge in [0.05, 0.1) is 10.2 Å². The molecule has 0 unspecified atom stereocenters. The summed E-state index contributed by atoms with van der Waals surface area (Å²) in [5, 5.41) is 6.13. The van der Waals surface area contributed by atoms with Gasteiger partial charge in [-0.2, -0.15) is 0 Å². The lowest BCUT2D eigenvalue weighted by atomic mass is 10.2. The van der Waals surface area contributed by atoms with Crippen molar-refractivity contribution in [3.63, 3.8) is 0 Å². The summed E-state index contributed by atoms with van der Waals surface area (Å²) in [5.41, 5.74) is 1.55. The number of unbranched alkanes of at least 4 members (excludes halogenated alkanes) is 1. The molecular formula is C14H17N3O2S. The van der Waals surface area contributed by atoms with Crippen molar-refractivity contribution in [1.82, 2.24) is 4.98 Å². The number of nitrogens with one attached hydrogen (secondary N) is 2. The second-order valence-electron chi connectivity index (χ2n) is 4.53. The molecule has 20 heavy (non-hydrogen) atoms. The van der Waals surface area contributed by atoms with Crippen LogP contribution in [-0.4, -0.2) is 16.8 Å². The standard InChI is InChI=1S/C14H17N3O2S/c1-3-4-5-13(19)17-14-16-11-7-6-10(15-9(2)18)8-12(11)20-14/h6-8H,3-5H2,1-2H3,(H,15,18)(H,16,17,19). The third-order valence-electron chi connectivity index (χ3n) is 2.71. The largest absolute Gasteiger partial charge is 0.326 e. The lowest BCUT2D eigenvalue weighted by molar-refractivity contribution is -0.116. The molecule has 0 aliphatic carbocycles. The van der Waals surface area contributed by atoms with Crippen LogP contribution in [0.2, 0.25) is 0 Å². The summed E-state index contributed by atoms with van der Waals surface area (Å²) in [5.74, 6) is -0.116. The molecule has 5 nitrogen and oxygen atoms in total. The summed E-state index contributed by atoms with van der Waals surface area (Å²) in [6, 6.07) is 5.49. The fourth-order valence-electron chi connectivity index (χ4n) is 1.78. The topological polar surface area (TPSA) is 71.1 Å². The highest BCUT2D eigenvalue weighted by molar-refractivity contribution is 7.22. The minimum absolute atomic E-state index is 0.00649. The number of carbonyl (C=O) groups is 2. The number of amides is 2. The minimum Gasteiger partial charge on any atom is -0.326 e. The molecule has 1 aromatic heterocycles. The van der Waals surface area contributed by atoms with E-state index in [-0.39, 0.29) is 11.8 Å². The van der Waals surface area contributed by atoms with Crippen molar-refractivity contribution >= 4 is 44.2 Å². The number of hydrogen-bond acceptors (Lipinski definition) is 4. The Hall–Kier alpha value is -1.95. The van der Waals surface area contributed by atoms with Crippen molar-refractivity contribution in [2.45, 2.75) is 33.1 Å². The van der Waals surface area contributed by atoms with Gasteiger partial charge >= 0.3 is 0 Å². The number of fused-ring (bicyclic) bond motifs is 1. The van der Waals surface area contributed by atoms with Gasteiger partial charge in [-0.1, -0.05) is 24.7 Å². The van der Waals surface area contributed by atoms with Gasteiger partial charge in [-0.3, -0.25) is 9.59 Å². The number of thiazole rings is 1. The Kier molecular flexibility index (Phi) is 4.68. The third kappa shape index (κ3) is 3.77. The molecule has 2 amide bonds. The van der Waals surface area contributed by atoms with Gasteiger partial charge in [-0.25, -0.2) is 4.98 Å². The van der Waals surface area contributed by atoms with E-state index in [1.54, 1.807) is 6.07 Å². The van der Waals surface area contributed by atoms with E-state index >= 15 is 0 Å². The van der Waals surface area contributed by atoms with E-state index in [1.165, 1.54) is 18.3 Å². The second-order valence-corrected chi connectivity index (χ2v) is 5.57. The molecule has 0 aliphatic heterocycles. The number of nitrogens with zero attached hydrogens (tertiary/aromatic N) is 1. The molecule has 0 radical (unpaired) electrons. The molecule has 1 heterocycles. The summed E-state index contributed by atoms with van der Waals surface area (Å²) in [6.07, 6.45) is 2.39. The normalized spacial score (nSPS) is 10.5. The van der Waals surface area contributed by atoms with Gasteiger partial charge < -0.3 is 10.6 Å². The van der Waals surface area contributed by atoms with E-state index in [2.05, 4.69) is 22.5 Å². The number of carbonyl (C=O) groups excluding carboxylic acids is 2. The summed E-state index contributed by atoms with van der Waals surface area (Å²) in [4.78, 5) is 27.0. The highest BCUT2D eigenvalue weighted by atomic mass is 32.1. The van der Waals surface area contributed by atoms with Crippen molar-refractivity contribution in [3.8, 4) is 0 Å². The van der Waals surface area contributed by atoms with Crippen molar-refractivity contribution < 1.29 is 9.59 Å². The fraction of sp³-hybridized carbons (Fsp3) is 0.357. The first-order chi connectivity index (χ1) is 9.58. The number of anilines is 2. The molecule has 106 valence electrons. The van der Waals surface area contributed by atoms with Crippen molar-refractivity contribution in [3.05, 3.63) is 18.2 Å². The zero-order valence-corrected chi connectivity index (χ0v) is 12.3. The molecule has 0 spiro atoms. The first-order valence-electron chi connectivity index (χ1n) is 6.56. The van der Waals surface area contributed by atoms with Gasteiger partial charge in [0.15, 0.2) is 5.13 Å². The number of benzene rings is 1. The molecule has 0 aliphatic rings. The van der Waals surface area contributed by atoms with E-state index in [0.717, 1.165) is 28.7 Å². The van der Waals surface area contributed by atoms with Crippen LogP contribution in [0.1, 0.15) is 33.1 Å². The van der Waals surface area contributed by atoms with Crippen molar-refractivity contribution in [2.75, 3.05) is 10.6 Å². The highest BCUT2D eigenvalue weighted by Gasteiger charge is 2.08. The van der Waals surface area contributed by atoms with Gasteiger partial charge in [0.2, 0.25) is 11.8 Å². The summed E-state index contributed by atoms with van der Waals surface area (Å²) in [7, 11) is 0. The Morgan fingerprint density at radius 2 is 2.10 bits per heavy atom. The average molecular weight is 291 g/mol. The highest BCUT2D eigenvalue weighted by Crippen LogP contribution is 2.28. The maximum absolute atomic E-state index is 11.7. The molecule has 1 aromatic carbocycles. The Labute approximate surface area is 121 Å². The number of hydrogen-bond donors (Lipinski definition) is 2. The fourth-order valence-corrected chi connectivity index (χ4v) is 2.70. The van der Waals surface area contributed by atoms with Crippen LogP contribution in [0.5, 0.6) is 0 Å². The molecule has 2 aromatic rings. The van der Waals surface area contributed by atoms with Crippen LogP contribution in [-0.2, 0) is 9.59 Å². The molecule has 2 N–H and O–H groups in total. The second kappa shape index (κ2) is 6.47. The van der Waals surface area contributed by atoms with Crippen LogP contribution in [0.15, 0.2) is 18.2 Å². The first-order valence-corrected chi connectivity index (χ1v) is 7.38. The molecule has 2 rings (SSSR count). The van der Waals surface area contributed by atoms with Gasteiger partial charge in [0, 0.05) is 19.0 Å². The van der Waals surface area contributed by atoms with E-state index in [9.17, 15) is 9.59 Å². The van der Waals surface area contributed by atoms with Crippen LogP contribution >= 0.6 is 11.3 Å². The van der Waals surface area contributed by atoms with E-state index in [0.29, 0.717) is 11.6 Å². The summed E-state index contributed by atoms with van der Waals surface area (Å²) < 4.78 is 0.932. The number of aromatic nitrogens is 1. The molecule has 0 saturated carbocycles.